The van der Waals surface area contributed by atoms with Gasteiger partial charge in [-0.2, -0.15) is 0 Å². The lowest BCUT2D eigenvalue weighted by molar-refractivity contribution is 0.139. The summed E-state index contributed by atoms with van der Waals surface area (Å²) < 4.78 is 19.3. The van der Waals surface area contributed by atoms with Crippen LogP contribution in [0.4, 0.5) is 10.1 Å². The molecule has 0 aliphatic carbocycles. The van der Waals surface area contributed by atoms with Gasteiger partial charge in [-0.1, -0.05) is 12.1 Å². The van der Waals surface area contributed by atoms with Gasteiger partial charge in [-0.15, -0.1) is 0 Å². The van der Waals surface area contributed by atoms with Crippen LogP contribution in [0.25, 0.3) is 0 Å². The average Bonchev–Trinajstić information content (AvgIpc) is 2.40. The van der Waals surface area contributed by atoms with Crippen LogP contribution in [-0.2, 0) is 4.74 Å². The van der Waals surface area contributed by atoms with Crippen molar-refractivity contribution >= 4 is 5.69 Å². The summed E-state index contributed by atoms with van der Waals surface area (Å²) in [6.07, 6.45) is 2.08. The number of methoxy groups -OCH3 is 1. The zero-order valence-electron chi connectivity index (χ0n) is 11.7. The zero-order chi connectivity index (χ0) is 13.8. The number of hydrogen-bond donors (Lipinski definition) is 1. The Labute approximate surface area is 114 Å². The molecule has 1 saturated heterocycles. The summed E-state index contributed by atoms with van der Waals surface area (Å²) in [5, 5.41) is 0. The van der Waals surface area contributed by atoms with Crippen LogP contribution in [0, 0.1) is 11.7 Å². The zero-order valence-corrected chi connectivity index (χ0v) is 11.7. The van der Waals surface area contributed by atoms with E-state index < -0.39 is 0 Å². The molecule has 1 heterocycles. The molecule has 1 atom stereocenters. The molecule has 0 spiro atoms. The number of para-hydroxylation sites is 1. The Morgan fingerprint density at radius 3 is 2.68 bits per heavy atom. The molecule has 1 aromatic rings. The molecule has 1 aliphatic heterocycles. The number of halogens is 1. The summed E-state index contributed by atoms with van der Waals surface area (Å²) in [6, 6.07) is 5.02. The van der Waals surface area contributed by atoms with Crippen LogP contribution in [-0.4, -0.2) is 26.8 Å². The van der Waals surface area contributed by atoms with E-state index in [1.54, 1.807) is 13.2 Å². The molecule has 0 amide bonds. The number of anilines is 1. The number of piperidine rings is 1. The molecule has 0 bridgehead atoms. The smallest absolute Gasteiger partial charge is 0.146 e. The highest BCUT2D eigenvalue weighted by Gasteiger charge is 2.23. The minimum Gasteiger partial charge on any atom is -0.384 e. The van der Waals surface area contributed by atoms with Crippen molar-refractivity contribution in [3.8, 4) is 0 Å². The molecule has 1 aliphatic rings. The first-order valence-corrected chi connectivity index (χ1v) is 6.91. The Morgan fingerprint density at radius 2 is 2.11 bits per heavy atom. The summed E-state index contributed by atoms with van der Waals surface area (Å²) in [5.74, 6) is 0.423. The fourth-order valence-electron chi connectivity index (χ4n) is 2.79. The number of nitrogens with two attached hydrogens (primary N) is 1. The number of benzene rings is 1. The second-order valence-corrected chi connectivity index (χ2v) is 5.35. The van der Waals surface area contributed by atoms with E-state index in [0.29, 0.717) is 11.6 Å². The number of rotatable bonds is 4. The predicted octanol–water partition coefficient (Wildman–Crippen LogP) is 2.71. The van der Waals surface area contributed by atoms with E-state index in [2.05, 4.69) is 4.90 Å². The third-order valence-corrected chi connectivity index (χ3v) is 3.84. The van der Waals surface area contributed by atoms with E-state index in [-0.39, 0.29) is 11.9 Å². The van der Waals surface area contributed by atoms with Crippen molar-refractivity contribution in [3.05, 3.63) is 29.6 Å². The predicted molar refractivity (Wildman–Crippen MR) is 75.8 cm³/mol. The molecule has 4 heteroatoms. The van der Waals surface area contributed by atoms with Crippen molar-refractivity contribution in [1.82, 2.24) is 0 Å². The Balaban J connectivity index is 2.15. The summed E-state index contributed by atoms with van der Waals surface area (Å²) in [6.45, 7) is 4.44. The Bertz CT molecular complexity index is 415. The van der Waals surface area contributed by atoms with Crippen LogP contribution in [0.5, 0.6) is 0 Å². The number of hydrogen-bond acceptors (Lipinski definition) is 3. The highest BCUT2D eigenvalue weighted by atomic mass is 19.1. The molecular formula is C15H23FN2O. The van der Waals surface area contributed by atoms with E-state index in [0.717, 1.165) is 38.1 Å². The van der Waals surface area contributed by atoms with Crippen LogP contribution < -0.4 is 10.6 Å². The standard InChI is InChI=1S/C15H23FN2O/c1-11(17)13-4-3-5-14(16)15(13)18-8-6-12(7-9-18)10-19-2/h3-5,11-12H,6-10,17H2,1-2H3/t11-/m1/s1. The fourth-order valence-corrected chi connectivity index (χ4v) is 2.79. The molecular weight excluding hydrogens is 243 g/mol. The maximum Gasteiger partial charge on any atom is 0.146 e. The minimum atomic E-state index is -0.167. The van der Waals surface area contributed by atoms with E-state index in [1.165, 1.54) is 6.07 Å². The SMILES string of the molecule is COCC1CCN(c2c(F)cccc2[C@@H](C)N)CC1. The van der Waals surface area contributed by atoms with Gasteiger partial charge in [0, 0.05) is 32.8 Å². The molecule has 19 heavy (non-hydrogen) atoms. The third kappa shape index (κ3) is 3.25. The number of ether oxygens (including phenoxy) is 1. The third-order valence-electron chi connectivity index (χ3n) is 3.84. The normalized spacial score (nSPS) is 18.6. The van der Waals surface area contributed by atoms with E-state index in [4.69, 9.17) is 10.5 Å². The molecule has 1 fully saturated rings. The van der Waals surface area contributed by atoms with Crippen LogP contribution >= 0.6 is 0 Å². The molecule has 106 valence electrons. The van der Waals surface area contributed by atoms with Crippen molar-refractivity contribution < 1.29 is 9.13 Å². The van der Waals surface area contributed by atoms with E-state index >= 15 is 0 Å². The maximum atomic E-state index is 14.1. The van der Waals surface area contributed by atoms with Gasteiger partial charge in [0.25, 0.3) is 0 Å². The Kier molecular flexibility index (Phi) is 4.77. The van der Waals surface area contributed by atoms with Gasteiger partial charge in [-0.05, 0) is 37.3 Å². The lowest BCUT2D eigenvalue weighted by Gasteiger charge is -2.35. The Morgan fingerprint density at radius 1 is 1.42 bits per heavy atom. The fraction of sp³-hybridized carbons (Fsp3) is 0.600. The van der Waals surface area contributed by atoms with Gasteiger partial charge in [0.15, 0.2) is 0 Å². The van der Waals surface area contributed by atoms with Crippen molar-refractivity contribution in [2.75, 3.05) is 31.7 Å². The van der Waals surface area contributed by atoms with Crippen LogP contribution in [0.15, 0.2) is 18.2 Å². The molecule has 3 nitrogen and oxygen atoms in total. The van der Waals surface area contributed by atoms with Gasteiger partial charge in [0.2, 0.25) is 0 Å². The molecule has 0 aromatic heterocycles. The van der Waals surface area contributed by atoms with Gasteiger partial charge in [0.1, 0.15) is 5.82 Å². The van der Waals surface area contributed by atoms with Gasteiger partial charge in [-0.3, -0.25) is 0 Å². The number of nitrogens with zero attached hydrogens (tertiary/aromatic N) is 1. The second-order valence-electron chi connectivity index (χ2n) is 5.35. The quantitative estimate of drug-likeness (QED) is 0.910. The first-order valence-electron chi connectivity index (χ1n) is 6.91. The Hall–Kier alpha value is -1.13. The van der Waals surface area contributed by atoms with Gasteiger partial charge < -0.3 is 15.4 Å². The van der Waals surface area contributed by atoms with Gasteiger partial charge in [-0.25, -0.2) is 4.39 Å². The van der Waals surface area contributed by atoms with Gasteiger partial charge in [0.05, 0.1) is 5.69 Å². The highest BCUT2D eigenvalue weighted by molar-refractivity contribution is 5.56. The largest absolute Gasteiger partial charge is 0.384 e. The van der Waals surface area contributed by atoms with Crippen LogP contribution in [0.1, 0.15) is 31.4 Å². The summed E-state index contributed by atoms with van der Waals surface area (Å²) in [7, 11) is 1.73. The van der Waals surface area contributed by atoms with Crippen molar-refractivity contribution in [2.24, 2.45) is 11.7 Å². The summed E-state index contributed by atoms with van der Waals surface area (Å²) in [5.41, 5.74) is 7.53. The first-order chi connectivity index (χ1) is 9.13. The van der Waals surface area contributed by atoms with E-state index in [9.17, 15) is 4.39 Å². The van der Waals surface area contributed by atoms with Crippen LogP contribution in [0.3, 0.4) is 0 Å². The lowest BCUT2D eigenvalue weighted by Crippen LogP contribution is -2.36. The first kappa shape index (κ1) is 14.3. The van der Waals surface area contributed by atoms with Gasteiger partial charge >= 0.3 is 0 Å². The lowest BCUT2D eigenvalue weighted by atomic mass is 9.96. The van der Waals surface area contributed by atoms with Crippen LogP contribution in [0.2, 0.25) is 0 Å². The molecule has 2 N–H and O–H groups in total. The molecule has 0 unspecified atom stereocenters. The molecule has 0 radical (unpaired) electrons. The molecule has 1 aromatic carbocycles. The van der Waals surface area contributed by atoms with Crippen molar-refractivity contribution in [3.63, 3.8) is 0 Å². The van der Waals surface area contributed by atoms with E-state index in [1.807, 2.05) is 13.0 Å². The van der Waals surface area contributed by atoms with Crippen molar-refractivity contribution in [1.29, 1.82) is 0 Å². The monoisotopic (exact) mass is 266 g/mol. The summed E-state index contributed by atoms with van der Waals surface area (Å²) >= 11 is 0. The topological polar surface area (TPSA) is 38.5 Å². The maximum absolute atomic E-state index is 14.1. The average molecular weight is 266 g/mol. The molecule has 0 saturated carbocycles. The molecule has 2 rings (SSSR count). The minimum absolute atomic E-state index is 0.151. The second kappa shape index (κ2) is 6.35. The highest BCUT2D eigenvalue weighted by Crippen LogP contribution is 2.31. The summed E-state index contributed by atoms with van der Waals surface area (Å²) in [4.78, 5) is 2.13. The van der Waals surface area contributed by atoms with Crippen molar-refractivity contribution in [2.45, 2.75) is 25.8 Å².